The number of piperazine rings is 1. The van der Waals surface area contributed by atoms with E-state index in [0.29, 0.717) is 26.2 Å². The second-order valence-corrected chi connectivity index (χ2v) is 6.27. The van der Waals surface area contributed by atoms with Gasteiger partial charge in [-0.15, -0.1) is 0 Å². The van der Waals surface area contributed by atoms with Crippen LogP contribution in [0.15, 0.2) is 30.5 Å². The highest BCUT2D eigenvalue weighted by molar-refractivity contribution is 5.76. The topological polar surface area (TPSA) is 41.4 Å². The largest absolute Gasteiger partial charge is 0.435 e. The molecular formula is C17H17F5N4O. The molecule has 5 nitrogen and oxygen atoms in total. The number of carbonyl (C=O) groups is 1. The van der Waals surface area contributed by atoms with Crippen molar-refractivity contribution in [2.45, 2.75) is 19.3 Å². The van der Waals surface area contributed by atoms with Gasteiger partial charge in [0.2, 0.25) is 5.91 Å². The Morgan fingerprint density at radius 2 is 1.78 bits per heavy atom. The van der Waals surface area contributed by atoms with Crippen LogP contribution in [0.5, 0.6) is 0 Å². The quantitative estimate of drug-likeness (QED) is 0.756. The Labute approximate surface area is 152 Å². The fourth-order valence-electron chi connectivity index (χ4n) is 2.91. The first kappa shape index (κ1) is 19.3. The third kappa shape index (κ3) is 4.62. The molecular weight excluding hydrogens is 371 g/mol. The molecule has 1 aromatic carbocycles. The maximum atomic E-state index is 13.7. The first-order valence-electron chi connectivity index (χ1n) is 8.27. The van der Waals surface area contributed by atoms with E-state index in [9.17, 15) is 26.7 Å². The van der Waals surface area contributed by atoms with Crippen LogP contribution in [-0.2, 0) is 24.1 Å². The molecule has 2 heterocycles. The van der Waals surface area contributed by atoms with Crippen molar-refractivity contribution in [2.24, 2.45) is 0 Å². The molecule has 1 fully saturated rings. The molecule has 0 N–H and O–H groups in total. The minimum Gasteiger partial charge on any atom is -0.339 e. The average molecular weight is 388 g/mol. The van der Waals surface area contributed by atoms with E-state index in [4.69, 9.17) is 0 Å². The highest BCUT2D eigenvalue weighted by atomic mass is 19.4. The molecule has 1 saturated heterocycles. The Kier molecular flexibility index (Phi) is 5.45. The summed E-state index contributed by atoms with van der Waals surface area (Å²) in [5, 5.41) is 3.36. The Hall–Kier alpha value is -2.49. The number of nitrogens with zero attached hydrogens (tertiary/aromatic N) is 4. The molecule has 0 aliphatic carbocycles. The van der Waals surface area contributed by atoms with E-state index in [-0.39, 0.29) is 24.6 Å². The van der Waals surface area contributed by atoms with E-state index in [1.54, 1.807) is 0 Å². The van der Waals surface area contributed by atoms with Gasteiger partial charge >= 0.3 is 6.18 Å². The van der Waals surface area contributed by atoms with Gasteiger partial charge in [0.25, 0.3) is 0 Å². The normalized spacial score (nSPS) is 16.0. The number of carbonyl (C=O) groups excluding carboxylic acids is 1. The van der Waals surface area contributed by atoms with Crippen molar-refractivity contribution < 1.29 is 26.7 Å². The van der Waals surface area contributed by atoms with Gasteiger partial charge in [0.1, 0.15) is 6.54 Å². The van der Waals surface area contributed by atoms with Crippen LogP contribution in [0.25, 0.3) is 0 Å². The molecule has 1 amide bonds. The fraction of sp³-hybridized carbons (Fsp3) is 0.412. The number of alkyl halides is 3. The molecule has 0 atom stereocenters. The molecule has 10 heteroatoms. The minimum atomic E-state index is -4.55. The van der Waals surface area contributed by atoms with Gasteiger partial charge < -0.3 is 4.90 Å². The summed E-state index contributed by atoms with van der Waals surface area (Å²) in [6.07, 6.45) is -3.43. The van der Waals surface area contributed by atoms with Gasteiger partial charge in [0, 0.05) is 44.5 Å². The first-order chi connectivity index (χ1) is 12.7. The summed E-state index contributed by atoms with van der Waals surface area (Å²) in [4.78, 5) is 15.7. The van der Waals surface area contributed by atoms with Crippen molar-refractivity contribution in [2.75, 3.05) is 26.2 Å². The van der Waals surface area contributed by atoms with Gasteiger partial charge in [-0.1, -0.05) is 12.1 Å². The van der Waals surface area contributed by atoms with Crippen LogP contribution in [0.1, 0.15) is 11.3 Å². The molecule has 1 aliphatic heterocycles. The molecule has 146 valence electrons. The highest BCUT2D eigenvalue weighted by Crippen LogP contribution is 2.27. The summed E-state index contributed by atoms with van der Waals surface area (Å²) in [5.41, 5.74) is -0.803. The van der Waals surface area contributed by atoms with Crippen molar-refractivity contribution >= 4 is 5.91 Å². The number of hydrogen-bond donors (Lipinski definition) is 0. The standard InChI is InChI=1S/C17H17F5N4O/c18-13-3-1-2-12(16(13)19)10-24-6-8-25(9-7-24)15(27)11-26-5-4-14(23-26)17(20,21)22/h1-5H,6-11H2. The van der Waals surface area contributed by atoms with E-state index < -0.39 is 23.5 Å². The monoisotopic (exact) mass is 388 g/mol. The lowest BCUT2D eigenvalue weighted by Crippen LogP contribution is -2.49. The third-order valence-electron chi connectivity index (χ3n) is 4.38. The molecule has 1 aliphatic rings. The van der Waals surface area contributed by atoms with E-state index in [0.717, 1.165) is 23.0 Å². The second kappa shape index (κ2) is 7.63. The van der Waals surface area contributed by atoms with Gasteiger partial charge in [-0.25, -0.2) is 8.78 Å². The van der Waals surface area contributed by atoms with Gasteiger partial charge in [-0.2, -0.15) is 18.3 Å². The summed E-state index contributed by atoms with van der Waals surface area (Å²) in [7, 11) is 0. The summed E-state index contributed by atoms with van der Waals surface area (Å²) in [6.45, 7) is 1.55. The van der Waals surface area contributed by atoms with Gasteiger partial charge in [0.15, 0.2) is 17.3 Å². The lowest BCUT2D eigenvalue weighted by Gasteiger charge is -2.34. The predicted octanol–water partition coefficient (Wildman–Crippen LogP) is 2.52. The molecule has 1 aromatic heterocycles. The number of amides is 1. The maximum absolute atomic E-state index is 13.7. The molecule has 0 saturated carbocycles. The van der Waals surface area contributed by atoms with Gasteiger partial charge in [0.05, 0.1) is 0 Å². The van der Waals surface area contributed by atoms with E-state index in [2.05, 4.69) is 5.10 Å². The zero-order valence-electron chi connectivity index (χ0n) is 14.2. The minimum absolute atomic E-state index is 0.222. The number of halogens is 5. The fourth-order valence-corrected chi connectivity index (χ4v) is 2.91. The highest BCUT2D eigenvalue weighted by Gasteiger charge is 2.33. The smallest absolute Gasteiger partial charge is 0.339 e. The number of rotatable bonds is 4. The van der Waals surface area contributed by atoms with Crippen LogP contribution < -0.4 is 0 Å². The van der Waals surface area contributed by atoms with Crippen molar-refractivity contribution in [3.63, 3.8) is 0 Å². The van der Waals surface area contributed by atoms with Crippen LogP contribution in [-0.4, -0.2) is 51.7 Å². The number of benzene rings is 1. The lowest BCUT2D eigenvalue weighted by atomic mass is 10.1. The van der Waals surface area contributed by atoms with E-state index in [1.165, 1.54) is 17.0 Å². The zero-order valence-corrected chi connectivity index (χ0v) is 14.2. The van der Waals surface area contributed by atoms with Crippen LogP contribution >= 0.6 is 0 Å². The van der Waals surface area contributed by atoms with E-state index in [1.807, 2.05) is 4.90 Å². The van der Waals surface area contributed by atoms with E-state index >= 15 is 0 Å². The number of aromatic nitrogens is 2. The predicted molar refractivity (Wildman–Crippen MR) is 85.4 cm³/mol. The van der Waals surface area contributed by atoms with Crippen molar-refractivity contribution in [1.82, 2.24) is 19.6 Å². The summed E-state index contributed by atoms with van der Waals surface area (Å²) in [6, 6.07) is 4.81. The summed E-state index contributed by atoms with van der Waals surface area (Å²) in [5.74, 6) is -2.13. The Bertz CT molecular complexity index is 812. The van der Waals surface area contributed by atoms with Crippen LogP contribution in [0, 0.1) is 11.6 Å². The lowest BCUT2D eigenvalue weighted by molar-refractivity contribution is -0.142. The van der Waals surface area contributed by atoms with Crippen LogP contribution in [0.4, 0.5) is 22.0 Å². The molecule has 3 rings (SSSR count). The average Bonchev–Trinajstić information content (AvgIpc) is 3.08. The Morgan fingerprint density at radius 3 is 2.41 bits per heavy atom. The SMILES string of the molecule is O=C(Cn1ccc(C(F)(F)F)n1)N1CCN(Cc2cccc(F)c2F)CC1. The molecule has 0 spiro atoms. The molecule has 0 bridgehead atoms. The second-order valence-electron chi connectivity index (χ2n) is 6.27. The van der Waals surface area contributed by atoms with Crippen molar-refractivity contribution in [1.29, 1.82) is 0 Å². The zero-order chi connectivity index (χ0) is 19.6. The molecule has 2 aromatic rings. The van der Waals surface area contributed by atoms with Crippen LogP contribution in [0.2, 0.25) is 0 Å². The van der Waals surface area contributed by atoms with Crippen molar-refractivity contribution in [3.8, 4) is 0 Å². The van der Waals surface area contributed by atoms with Crippen LogP contribution in [0.3, 0.4) is 0 Å². The number of hydrogen-bond acceptors (Lipinski definition) is 3. The van der Waals surface area contributed by atoms with Gasteiger partial charge in [-0.05, 0) is 12.1 Å². The Balaban J connectivity index is 1.52. The maximum Gasteiger partial charge on any atom is 0.435 e. The molecule has 0 radical (unpaired) electrons. The van der Waals surface area contributed by atoms with Gasteiger partial charge in [-0.3, -0.25) is 14.4 Å². The third-order valence-corrected chi connectivity index (χ3v) is 4.38. The Morgan fingerprint density at radius 1 is 1.07 bits per heavy atom. The first-order valence-corrected chi connectivity index (χ1v) is 8.27. The molecule has 0 unspecified atom stereocenters. The summed E-state index contributed by atoms with van der Waals surface area (Å²) >= 11 is 0. The van der Waals surface area contributed by atoms with Crippen molar-refractivity contribution in [3.05, 3.63) is 53.4 Å². The molecule has 27 heavy (non-hydrogen) atoms. The summed E-state index contributed by atoms with van der Waals surface area (Å²) < 4.78 is 65.6.